The van der Waals surface area contributed by atoms with Gasteiger partial charge in [-0.25, -0.2) is 9.78 Å². The summed E-state index contributed by atoms with van der Waals surface area (Å²) in [4.78, 5) is 15.0. The predicted octanol–water partition coefficient (Wildman–Crippen LogP) is 1.30. The van der Waals surface area contributed by atoms with Crippen LogP contribution in [0.5, 0.6) is 0 Å². The fourth-order valence-corrected chi connectivity index (χ4v) is 0.918. The maximum Gasteiger partial charge on any atom is 0.339 e. The zero-order valence-corrected chi connectivity index (χ0v) is 7.70. The van der Waals surface area contributed by atoms with Crippen LogP contribution in [0.15, 0.2) is 18.3 Å². The van der Waals surface area contributed by atoms with Gasteiger partial charge in [0, 0.05) is 12.7 Å². The molecule has 0 aliphatic rings. The van der Waals surface area contributed by atoms with Crippen molar-refractivity contribution in [3.8, 4) is 0 Å². The number of anilines is 1. The van der Waals surface area contributed by atoms with Crippen LogP contribution in [0, 0.1) is 0 Å². The zero-order chi connectivity index (χ0) is 9.68. The SMILES string of the molecule is CCNc1ccc(C(=O)OC)cn1. The van der Waals surface area contributed by atoms with E-state index in [0.717, 1.165) is 12.4 Å². The second-order valence-electron chi connectivity index (χ2n) is 2.45. The number of hydrogen-bond acceptors (Lipinski definition) is 4. The number of aromatic nitrogens is 1. The van der Waals surface area contributed by atoms with Gasteiger partial charge in [0.05, 0.1) is 12.7 Å². The van der Waals surface area contributed by atoms with Crippen molar-refractivity contribution < 1.29 is 9.53 Å². The molecular formula is C9H12N2O2. The van der Waals surface area contributed by atoms with E-state index < -0.39 is 0 Å². The lowest BCUT2D eigenvalue weighted by atomic mass is 10.3. The van der Waals surface area contributed by atoms with Gasteiger partial charge in [-0.15, -0.1) is 0 Å². The Balaban J connectivity index is 2.75. The third kappa shape index (κ3) is 2.43. The van der Waals surface area contributed by atoms with Crippen molar-refractivity contribution in [1.29, 1.82) is 0 Å². The van der Waals surface area contributed by atoms with Gasteiger partial charge in [0.15, 0.2) is 0 Å². The second kappa shape index (κ2) is 4.45. The maximum atomic E-state index is 11.0. The molecule has 0 fully saturated rings. The minimum Gasteiger partial charge on any atom is -0.465 e. The second-order valence-corrected chi connectivity index (χ2v) is 2.45. The molecular weight excluding hydrogens is 168 g/mol. The third-order valence-corrected chi connectivity index (χ3v) is 1.54. The van der Waals surface area contributed by atoms with Crippen LogP contribution in [-0.4, -0.2) is 24.6 Å². The largest absolute Gasteiger partial charge is 0.465 e. The highest BCUT2D eigenvalue weighted by Gasteiger charge is 2.04. The molecule has 0 aliphatic heterocycles. The molecule has 0 saturated carbocycles. The Kier molecular flexibility index (Phi) is 3.25. The molecule has 1 N–H and O–H groups in total. The van der Waals surface area contributed by atoms with E-state index in [9.17, 15) is 4.79 Å². The molecule has 0 amide bonds. The van der Waals surface area contributed by atoms with Crippen molar-refractivity contribution >= 4 is 11.8 Å². The number of nitrogens with one attached hydrogen (secondary N) is 1. The number of rotatable bonds is 3. The minimum absolute atomic E-state index is 0.365. The van der Waals surface area contributed by atoms with Crippen LogP contribution in [0.25, 0.3) is 0 Å². The van der Waals surface area contributed by atoms with Crippen molar-refractivity contribution in [2.75, 3.05) is 19.0 Å². The first-order valence-corrected chi connectivity index (χ1v) is 4.06. The molecule has 0 saturated heterocycles. The number of esters is 1. The molecule has 0 unspecified atom stereocenters. The molecule has 0 aromatic carbocycles. The molecule has 0 atom stereocenters. The van der Waals surface area contributed by atoms with Gasteiger partial charge in [-0.3, -0.25) is 0 Å². The van der Waals surface area contributed by atoms with Crippen LogP contribution in [0.3, 0.4) is 0 Å². The van der Waals surface area contributed by atoms with Gasteiger partial charge in [0.2, 0.25) is 0 Å². The summed E-state index contributed by atoms with van der Waals surface area (Å²) < 4.78 is 4.54. The molecule has 70 valence electrons. The van der Waals surface area contributed by atoms with Gasteiger partial charge in [-0.2, -0.15) is 0 Å². The van der Waals surface area contributed by atoms with Crippen molar-refractivity contribution in [2.45, 2.75) is 6.92 Å². The van der Waals surface area contributed by atoms with Crippen molar-refractivity contribution in [3.05, 3.63) is 23.9 Å². The van der Waals surface area contributed by atoms with Crippen LogP contribution >= 0.6 is 0 Å². The fourth-order valence-electron chi connectivity index (χ4n) is 0.918. The molecule has 1 aromatic rings. The van der Waals surface area contributed by atoms with E-state index in [1.54, 1.807) is 12.1 Å². The molecule has 4 nitrogen and oxygen atoms in total. The first-order chi connectivity index (χ1) is 6.27. The number of carbonyl (C=O) groups excluding carboxylic acids is 1. The topological polar surface area (TPSA) is 51.2 Å². The molecule has 0 radical (unpaired) electrons. The van der Waals surface area contributed by atoms with Crippen molar-refractivity contribution in [2.24, 2.45) is 0 Å². The molecule has 4 heteroatoms. The van der Waals surface area contributed by atoms with E-state index in [-0.39, 0.29) is 5.97 Å². The summed E-state index contributed by atoms with van der Waals surface area (Å²) in [5.74, 6) is 0.394. The lowest BCUT2D eigenvalue weighted by Crippen LogP contribution is -2.03. The zero-order valence-electron chi connectivity index (χ0n) is 7.70. The summed E-state index contributed by atoms with van der Waals surface area (Å²) >= 11 is 0. The van der Waals surface area contributed by atoms with Crippen LogP contribution in [0.4, 0.5) is 5.82 Å². The Labute approximate surface area is 76.9 Å². The minimum atomic E-state index is -0.365. The van der Waals surface area contributed by atoms with Crippen LogP contribution in [0.2, 0.25) is 0 Å². The number of pyridine rings is 1. The highest BCUT2D eigenvalue weighted by molar-refractivity contribution is 5.89. The quantitative estimate of drug-likeness (QED) is 0.712. The average Bonchev–Trinajstić information content (AvgIpc) is 2.18. The van der Waals surface area contributed by atoms with Crippen molar-refractivity contribution in [3.63, 3.8) is 0 Å². The smallest absolute Gasteiger partial charge is 0.339 e. The molecule has 0 bridgehead atoms. The Morgan fingerprint density at radius 1 is 1.62 bits per heavy atom. The summed E-state index contributed by atoms with van der Waals surface area (Å²) in [7, 11) is 1.35. The molecule has 1 heterocycles. The molecule has 1 rings (SSSR count). The van der Waals surface area contributed by atoms with Gasteiger partial charge in [0.1, 0.15) is 5.82 Å². The van der Waals surface area contributed by atoms with Gasteiger partial charge < -0.3 is 10.1 Å². The maximum absolute atomic E-state index is 11.0. The van der Waals surface area contributed by atoms with E-state index in [2.05, 4.69) is 15.0 Å². The third-order valence-electron chi connectivity index (χ3n) is 1.54. The molecule has 0 spiro atoms. The average molecular weight is 180 g/mol. The first kappa shape index (κ1) is 9.51. The Bertz CT molecular complexity index is 282. The van der Waals surface area contributed by atoms with Crippen LogP contribution in [0.1, 0.15) is 17.3 Å². The van der Waals surface area contributed by atoms with Crippen LogP contribution < -0.4 is 5.32 Å². The summed E-state index contributed by atoms with van der Waals surface area (Å²) in [6.45, 7) is 2.79. The molecule has 1 aromatic heterocycles. The van der Waals surface area contributed by atoms with Crippen LogP contribution in [-0.2, 0) is 4.74 Å². The predicted molar refractivity (Wildman–Crippen MR) is 49.7 cm³/mol. The van der Waals surface area contributed by atoms with E-state index in [4.69, 9.17) is 0 Å². The number of carbonyl (C=O) groups is 1. The Morgan fingerprint density at radius 3 is 2.85 bits per heavy atom. The van der Waals surface area contributed by atoms with E-state index >= 15 is 0 Å². The van der Waals surface area contributed by atoms with Gasteiger partial charge in [0.25, 0.3) is 0 Å². The van der Waals surface area contributed by atoms with E-state index in [1.807, 2.05) is 6.92 Å². The molecule has 13 heavy (non-hydrogen) atoms. The Morgan fingerprint density at radius 2 is 2.38 bits per heavy atom. The van der Waals surface area contributed by atoms with Gasteiger partial charge >= 0.3 is 5.97 Å². The highest BCUT2D eigenvalue weighted by Crippen LogP contribution is 2.05. The summed E-state index contributed by atoms with van der Waals surface area (Å²) in [5.41, 5.74) is 0.462. The Hall–Kier alpha value is -1.58. The molecule has 0 aliphatic carbocycles. The number of ether oxygens (including phenoxy) is 1. The number of methoxy groups -OCH3 is 1. The fraction of sp³-hybridized carbons (Fsp3) is 0.333. The van der Waals surface area contributed by atoms with E-state index in [0.29, 0.717) is 5.56 Å². The first-order valence-electron chi connectivity index (χ1n) is 4.06. The highest BCUT2D eigenvalue weighted by atomic mass is 16.5. The van der Waals surface area contributed by atoms with Crippen molar-refractivity contribution in [1.82, 2.24) is 4.98 Å². The lowest BCUT2D eigenvalue weighted by Gasteiger charge is -2.02. The summed E-state index contributed by atoms with van der Waals surface area (Å²) in [6, 6.07) is 3.42. The number of hydrogen-bond donors (Lipinski definition) is 1. The monoisotopic (exact) mass is 180 g/mol. The van der Waals surface area contributed by atoms with Gasteiger partial charge in [-0.1, -0.05) is 0 Å². The normalized spacial score (nSPS) is 9.38. The lowest BCUT2D eigenvalue weighted by molar-refractivity contribution is 0.0600. The standard InChI is InChI=1S/C9H12N2O2/c1-3-10-8-5-4-7(6-11-8)9(12)13-2/h4-6H,3H2,1-2H3,(H,10,11). The summed E-state index contributed by atoms with van der Waals surface area (Å²) in [5, 5.41) is 3.03. The van der Waals surface area contributed by atoms with E-state index in [1.165, 1.54) is 13.3 Å². The van der Waals surface area contributed by atoms with Gasteiger partial charge in [-0.05, 0) is 19.1 Å². The number of nitrogens with zero attached hydrogens (tertiary/aromatic N) is 1. The summed E-state index contributed by atoms with van der Waals surface area (Å²) in [6.07, 6.45) is 1.49.